The SMILES string of the molecule is S=C=Nc1ccccc1/C=C/c1ccccc1. The van der Waals surface area contributed by atoms with Crippen LogP contribution in [0.4, 0.5) is 5.69 Å². The summed E-state index contributed by atoms with van der Waals surface area (Å²) < 4.78 is 0. The molecule has 82 valence electrons. The first-order chi connectivity index (χ1) is 8.40. The molecule has 0 spiro atoms. The Hall–Kier alpha value is -2.02. The number of hydrogen-bond acceptors (Lipinski definition) is 2. The van der Waals surface area contributed by atoms with Crippen molar-refractivity contribution in [3.8, 4) is 0 Å². The van der Waals surface area contributed by atoms with Crippen LogP contribution in [-0.4, -0.2) is 5.16 Å². The van der Waals surface area contributed by atoms with Gasteiger partial charge in [0.2, 0.25) is 0 Å². The fourth-order valence-electron chi connectivity index (χ4n) is 1.53. The summed E-state index contributed by atoms with van der Waals surface area (Å²) in [7, 11) is 0. The molecule has 0 heterocycles. The van der Waals surface area contributed by atoms with Gasteiger partial charge in [-0.25, -0.2) is 0 Å². The van der Waals surface area contributed by atoms with Crippen LogP contribution < -0.4 is 0 Å². The average molecular weight is 237 g/mol. The van der Waals surface area contributed by atoms with Crippen LogP contribution >= 0.6 is 12.2 Å². The van der Waals surface area contributed by atoms with Gasteiger partial charge in [-0.3, -0.25) is 0 Å². The maximum atomic E-state index is 4.63. The molecule has 17 heavy (non-hydrogen) atoms. The summed E-state index contributed by atoms with van der Waals surface area (Å²) in [5.74, 6) is 0. The smallest absolute Gasteiger partial charge is 0.0811 e. The molecule has 0 atom stereocenters. The molecule has 0 N–H and O–H groups in total. The maximum absolute atomic E-state index is 4.63. The van der Waals surface area contributed by atoms with E-state index in [4.69, 9.17) is 0 Å². The van der Waals surface area contributed by atoms with Crippen LogP contribution in [0.15, 0.2) is 59.6 Å². The first kappa shape index (κ1) is 11.5. The van der Waals surface area contributed by atoms with Gasteiger partial charge < -0.3 is 0 Å². The van der Waals surface area contributed by atoms with Gasteiger partial charge in [-0.15, -0.1) is 0 Å². The lowest BCUT2D eigenvalue weighted by Gasteiger charge is -1.98. The number of aliphatic imine (C=N–C) groups is 1. The highest BCUT2D eigenvalue weighted by molar-refractivity contribution is 7.78. The molecule has 2 aromatic carbocycles. The van der Waals surface area contributed by atoms with Gasteiger partial charge in [0, 0.05) is 5.56 Å². The van der Waals surface area contributed by atoms with Crippen LogP contribution in [-0.2, 0) is 0 Å². The van der Waals surface area contributed by atoms with Gasteiger partial charge in [0.15, 0.2) is 0 Å². The minimum atomic E-state index is 0.842. The summed E-state index contributed by atoms with van der Waals surface area (Å²) in [4.78, 5) is 4.03. The van der Waals surface area contributed by atoms with E-state index in [-0.39, 0.29) is 0 Å². The molecule has 0 bridgehead atoms. The predicted octanol–water partition coefficient (Wildman–Crippen LogP) is 4.59. The minimum Gasteiger partial charge on any atom is -0.194 e. The molecule has 0 saturated heterocycles. The monoisotopic (exact) mass is 237 g/mol. The Morgan fingerprint density at radius 2 is 1.59 bits per heavy atom. The number of para-hydroxylation sites is 1. The quantitative estimate of drug-likeness (QED) is 0.432. The van der Waals surface area contributed by atoms with Crippen molar-refractivity contribution < 1.29 is 0 Å². The van der Waals surface area contributed by atoms with Crippen molar-refractivity contribution in [2.24, 2.45) is 4.99 Å². The zero-order chi connectivity index (χ0) is 11.9. The van der Waals surface area contributed by atoms with Gasteiger partial charge >= 0.3 is 0 Å². The van der Waals surface area contributed by atoms with Crippen LogP contribution in [0.25, 0.3) is 12.2 Å². The molecule has 0 radical (unpaired) electrons. The minimum absolute atomic E-state index is 0.842. The number of nitrogens with zero attached hydrogens (tertiary/aromatic N) is 1. The summed E-state index contributed by atoms with van der Waals surface area (Å²) in [5.41, 5.74) is 3.04. The molecule has 0 amide bonds. The molecule has 0 saturated carbocycles. The summed E-state index contributed by atoms with van der Waals surface area (Å²) in [6, 6.07) is 18.0. The van der Waals surface area contributed by atoms with Gasteiger partial charge in [0.1, 0.15) is 0 Å². The molecule has 0 aromatic heterocycles. The molecular formula is C15H11NS. The largest absolute Gasteiger partial charge is 0.194 e. The van der Waals surface area contributed by atoms with Crippen molar-refractivity contribution in [3.63, 3.8) is 0 Å². The summed E-state index contributed by atoms with van der Waals surface area (Å²) in [5, 5.41) is 2.40. The van der Waals surface area contributed by atoms with Gasteiger partial charge in [0.25, 0.3) is 0 Å². The van der Waals surface area contributed by atoms with E-state index < -0.39 is 0 Å². The molecule has 2 aromatic rings. The molecular weight excluding hydrogens is 226 g/mol. The lowest BCUT2D eigenvalue weighted by molar-refractivity contribution is 1.52. The maximum Gasteiger partial charge on any atom is 0.0811 e. The summed E-state index contributed by atoms with van der Waals surface area (Å²) in [6.45, 7) is 0. The van der Waals surface area contributed by atoms with E-state index in [1.54, 1.807) is 0 Å². The molecule has 2 rings (SSSR count). The normalized spacial score (nSPS) is 10.1. The first-order valence-electron chi connectivity index (χ1n) is 5.30. The average Bonchev–Trinajstić information content (AvgIpc) is 2.39. The Bertz CT molecular complexity index is 566. The molecule has 0 aliphatic heterocycles. The fourth-order valence-corrected chi connectivity index (χ4v) is 1.63. The number of hydrogen-bond donors (Lipinski definition) is 0. The van der Waals surface area contributed by atoms with Crippen molar-refractivity contribution in [3.05, 3.63) is 65.7 Å². The lowest BCUT2D eigenvalue weighted by atomic mass is 10.1. The van der Waals surface area contributed by atoms with Crippen LogP contribution in [0.1, 0.15) is 11.1 Å². The second-order valence-corrected chi connectivity index (χ2v) is 3.69. The van der Waals surface area contributed by atoms with Gasteiger partial charge in [-0.2, -0.15) is 4.99 Å². The Morgan fingerprint density at radius 1 is 0.882 bits per heavy atom. The molecule has 1 nitrogen and oxygen atoms in total. The van der Waals surface area contributed by atoms with Crippen molar-refractivity contribution in [2.45, 2.75) is 0 Å². The number of thiocarbonyl (C=S) groups is 1. The third kappa shape index (κ3) is 3.22. The van der Waals surface area contributed by atoms with Crippen molar-refractivity contribution in [1.82, 2.24) is 0 Å². The van der Waals surface area contributed by atoms with Crippen molar-refractivity contribution >= 4 is 35.2 Å². The van der Waals surface area contributed by atoms with Crippen LogP contribution in [0.2, 0.25) is 0 Å². The number of rotatable bonds is 3. The highest BCUT2D eigenvalue weighted by Gasteiger charge is 1.94. The molecule has 0 aliphatic carbocycles. The van der Waals surface area contributed by atoms with Gasteiger partial charge in [-0.1, -0.05) is 60.7 Å². The van der Waals surface area contributed by atoms with E-state index in [0.29, 0.717) is 0 Å². The van der Waals surface area contributed by atoms with E-state index in [1.165, 1.54) is 0 Å². The highest BCUT2D eigenvalue weighted by atomic mass is 32.1. The Labute approximate surface area is 106 Å². The van der Waals surface area contributed by atoms with E-state index in [0.717, 1.165) is 16.8 Å². The van der Waals surface area contributed by atoms with Gasteiger partial charge in [-0.05, 0) is 23.8 Å². The predicted molar refractivity (Wildman–Crippen MR) is 76.5 cm³/mol. The second kappa shape index (κ2) is 5.90. The second-order valence-electron chi connectivity index (χ2n) is 3.51. The van der Waals surface area contributed by atoms with Crippen LogP contribution in [0, 0.1) is 0 Å². The van der Waals surface area contributed by atoms with Crippen LogP contribution in [0.3, 0.4) is 0 Å². The van der Waals surface area contributed by atoms with Crippen LogP contribution in [0.5, 0.6) is 0 Å². The third-order valence-corrected chi connectivity index (χ3v) is 2.45. The number of isothiocyanates is 1. The molecule has 0 unspecified atom stereocenters. The molecule has 2 heteroatoms. The van der Waals surface area contributed by atoms with E-state index in [9.17, 15) is 0 Å². The van der Waals surface area contributed by atoms with E-state index in [2.05, 4.69) is 40.6 Å². The van der Waals surface area contributed by atoms with Crippen molar-refractivity contribution in [2.75, 3.05) is 0 Å². The molecule has 0 fully saturated rings. The topological polar surface area (TPSA) is 12.4 Å². The zero-order valence-corrected chi connectivity index (χ0v) is 10.0. The zero-order valence-electron chi connectivity index (χ0n) is 9.21. The number of benzene rings is 2. The Balaban J connectivity index is 2.30. The standard InChI is InChI=1S/C15H11NS/c17-12-16-15-9-5-4-8-14(15)11-10-13-6-2-1-3-7-13/h1-11H/b11-10+. The lowest BCUT2D eigenvalue weighted by Crippen LogP contribution is -1.74. The van der Waals surface area contributed by atoms with E-state index >= 15 is 0 Å². The fraction of sp³-hybridized carbons (Fsp3) is 0. The van der Waals surface area contributed by atoms with Crippen molar-refractivity contribution in [1.29, 1.82) is 0 Å². The Morgan fingerprint density at radius 3 is 2.35 bits per heavy atom. The van der Waals surface area contributed by atoms with E-state index in [1.807, 2.05) is 48.5 Å². The third-order valence-electron chi connectivity index (χ3n) is 2.36. The summed E-state index contributed by atoms with van der Waals surface area (Å²) in [6.07, 6.45) is 4.08. The van der Waals surface area contributed by atoms with Gasteiger partial charge in [0.05, 0.1) is 10.8 Å². The Kier molecular flexibility index (Phi) is 3.98. The highest BCUT2D eigenvalue weighted by Crippen LogP contribution is 2.20. The molecule has 0 aliphatic rings. The summed E-state index contributed by atoms with van der Waals surface area (Å²) >= 11 is 4.63. The first-order valence-corrected chi connectivity index (χ1v) is 5.71.